The number of nitrogens with one attached hydrogen (secondary N) is 2. The lowest BCUT2D eigenvalue weighted by atomic mass is 10.3. The number of hydrogen-bond donors (Lipinski definition) is 2. The van der Waals surface area contributed by atoms with E-state index in [0.29, 0.717) is 31.0 Å². The fourth-order valence-electron chi connectivity index (χ4n) is 2.02. The highest BCUT2D eigenvalue weighted by molar-refractivity contribution is 7.87. The Bertz CT molecular complexity index is 368. The van der Waals surface area contributed by atoms with Crippen LogP contribution in [-0.4, -0.2) is 45.4 Å². The molecule has 0 heterocycles. The zero-order chi connectivity index (χ0) is 13.2. The van der Waals surface area contributed by atoms with Crippen molar-refractivity contribution in [3.63, 3.8) is 0 Å². The first-order valence-corrected chi connectivity index (χ1v) is 8.37. The predicted molar refractivity (Wildman–Crippen MR) is 72.5 cm³/mol. The van der Waals surface area contributed by atoms with Crippen LogP contribution in [0.3, 0.4) is 0 Å². The minimum atomic E-state index is -3.27. The van der Waals surface area contributed by atoms with Gasteiger partial charge in [-0.25, -0.2) is 4.72 Å². The lowest BCUT2D eigenvalue weighted by molar-refractivity contribution is 0.442. The summed E-state index contributed by atoms with van der Waals surface area (Å²) in [4.78, 5) is 0. The van der Waals surface area contributed by atoms with E-state index < -0.39 is 10.2 Å². The van der Waals surface area contributed by atoms with Crippen LogP contribution >= 0.6 is 0 Å². The smallest absolute Gasteiger partial charge is 0.279 e. The Morgan fingerprint density at radius 3 is 2.56 bits per heavy atom. The molecule has 2 N–H and O–H groups in total. The van der Waals surface area contributed by atoms with Crippen LogP contribution in [0.25, 0.3) is 0 Å². The molecule has 5 nitrogen and oxygen atoms in total. The van der Waals surface area contributed by atoms with Crippen molar-refractivity contribution in [3.8, 4) is 0 Å². The Labute approximate surface area is 110 Å². The molecule has 2 rings (SSSR count). The van der Waals surface area contributed by atoms with E-state index in [1.165, 1.54) is 17.1 Å². The molecule has 0 aromatic heterocycles. The highest BCUT2D eigenvalue weighted by Crippen LogP contribution is 2.36. The summed E-state index contributed by atoms with van der Waals surface area (Å²) in [7, 11) is -1.62. The van der Waals surface area contributed by atoms with Crippen LogP contribution in [0.5, 0.6) is 0 Å². The second-order valence-electron chi connectivity index (χ2n) is 5.73. The molecule has 2 atom stereocenters. The largest absolute Gasteiger partial charge is 0.314 e. The summed E-state index contributed by atoms with van der Waals surface area (Å²) in [6, 6.07) is 0.696. The third-order valence-electron chi connectivity index (χ3n) is 3.87. The molecule has 2 unspecified atom stereocenters. The van der Waals surface area contributed by atoms with Crippen molar-refractivity contribution in [2.45, 2.75) is 38.6 Å². The Morgan fingerprint density at radius 1 is 1.33 bits per heavy atom. The van der Waals surface area contributed by atoms with Crippen molar-refractivity contribution in [2.24, 2.45) is 11.8 Å². The van der Waals surface area contributed by atoms with Crippen LogP contribution < -0.4 is 10.0 Å². The molecule has 2 saturated carbocycles. The summed E-state index contributed by atoms with van der Waals surface area (Å²) < 4.78 is 27.9. The Hall–Kier alpha value is -0.170. The quantitative estimate of drug-likeness (QED) is 0.604. The molecule has 106 valence electrons. The first-order chi connectivity index (χ1) is 8.49. The molecule has 2 aliphatic carbocycles. The van der Waals surface area contributed by atoms with Crippen LogP contribution in [0.4, 0.5) is 0 Å². The summed E-state index contributed by atoms with van der Waals surface area (Å²) in [6.07, 6.45) is 4.57. The molecule has 0 saturated heterocycles. The maximum atomic E-state index is 11.9. The van der Waals surface area contributed by atoms with Gasteiger partial charge in [0.2, 0.25) is 0 Å². The van der Waals surface area contributed by atoms with Gasteiger partial charge < -0.3 is 5.32 Å². The van der Waals surface area contributed by atoms with Gasteiger partial charge in [-0.15, -0.1) is 0 Å². The maximum Gasteiger partial charge on any atom is 0.279 e. The highest BCUT2D eigenvalue weighted by atomic mass is 32.2. The van der Waals surface area contributed by atoms with E-state index in [9.17, 15) is 8.42 Å². The van der Waals surface area contributed by atoms with Gasteiger partial charge in [0.25, 0.3) is 10.2 Å². The molecule has 2 aliphatic rings. The van der Waals surface area contributed by atoms with E-state index in [1.54, 1.807) is 7.05 Å². The van der Waals surface area contributed by atoms with Gasteiger partial charge in [0.15, 0.2) is 0 Å². The average molecular weight is 275 g/mol. The molecule has 6 heteroatoms. The van der Waals surface area contributed by atoms with E-state index in [0.717, 1.165) is 19.4 Å². The average Bonchev–Trinajstić information content (AvgIpc) is 3.20. The normalized spacial score (nSPS) is 27.7. The minimum Gasteiger partial charge on any atom is -0.314 e. The van der Waals surface area contributed by atoms with Gasteiger partial charge in [0.05, 0.1) is 0 Å². The van der Waals surface area contributed by atoms with Crippen molar-refractivity contribution in [1.29, 1.82) is 0 Å². The Balaban J connectivity index is 1.60. The SMILES string of the molecule is CC1CC1CNS(=O)(=O)N(C)CCCNC1CC1. The van der Waals surface area contributed by atoms with Gasteiger partial charge in [0, 0.05) is 26.2 Å². The van der Waals surface area contributed by atoms with Gasteiger partial charge in [-0.1, -0.05) is 6.92 Å². The van der Waals surface area contributed by atoms with Crippen molar-refractivity contribution < 1.29 is 8.42 Å². The summed E-state index contributed by atoms with van der Waals surface area (Å²) in [5, 5.41) is 3.39. The molecule has 0 amide bonds. The van der Waals surface area contributed by atoms with Crippen LogP contribution in [0.1, 0.15) is 32.6 Å². The minimum absolute atomic E-state index is 0.546. The molecule has 0 aliphatic heterocycles. The second kappa shape index (κ2) is 5.86. The van der Waals surface area contributed by atoms with Crippen molar-refractivity contribution in [3.05, 3.63) is 0 Å². The lowest BCUT2D eigenvalue weighted by Gasteiger charge is -2.17. The number of nitrogens with zero attached hydrogens (tertiary/aromatic N) is 1. The molecule has 0 aromatic rings. The fraction of sp³-hybridized carbons (Fsp3) is 1.00. The third kappa shape index (κ3) is 4.50. The Kier molecular flexibility index (Phi) is 4.64. The van der Waals surface area contributed by atoms with Crippen LogP contribution in [0, 0.1) is 11.8 Å². The van der Waals surface area contributed by atoms with E-state index in [4.69, 9.17) is 0 Å². The molecule has 0 radical (unpaired) electrons. The van der Waals surface area contributed by atoms with Crippen LogP contribution in [0.15, 0.2) is 0 Å². The molecule has 2 fully saturated rings. The highest BCUT2D eigenvalue weighted by Gasteiger charge is 2.33. The van der Waals surface area contributed by atoms with Crippen LogP contribution in [-0.2, 0) is 10.2 Å². The molecule has 0 bridgehead atoms. The van der Waals surface area contributed by atoms with E-state index in [2.05, 4.69) is 17.0 Å². The Morgan fingerprint density at radius 2 is 2.00 bits per heavy atom. The van der Waals surface area contributed by atoms with Gasteiger partial charge in [0.1, 0.15) is 0 Å². The number of rotatable bonds is 9. The van der Waals surface area contributed by atoms with Gasteiger partial charge in [-0.3, -0.25) is 0 Å². The molecular weight excluding hydrogens is 250 g/mol. The standard InChI is InChI=1S/C12H25N3O2S/c1-10-8-11(10)9-14-18(16,17)15(2)7-3-6-13-12-4-5-12/h10-14H,3-9H2,1-2H3. The molecule has 0 spiro atoms. The summed E-state index contributed by atoms with van der Waals surface area (Å²) >= 11 is 0. The zero-order valence-corrected chi connectivity index (χ0v) is 12.2. The second-order valence-corrected chi connectivity index (χ2v) is 7.59. The monoisotopic (exact) mass is 275 g/mol. The summed E-state index contributed by atoms with van der Waals surface area (Å²) in [5.74, 6) is 1.23. The first-order valence-electron chi connectivity index (χ1n) is 6.93. The maximum absolute atomic E-state index is 11.9. The van der Waals surface area contributed by atoms with Gasteiger partial charge in [-0.05, 0) is 44.1 Å². The molecule has 18 heavy (non-hydrogen) atoms. The first kappa shape index (κ1) is 14.2. The summed E-state index contributed by atoms with van der Waals surface area (Å²) in [6.45, 7) is 4.24. The van der Waals surface area contributed by atoms with Crippen molar-refractivity contribution in [2.75, 3.05) is 26.7 Å². The van der Waals surface area contributed by atoms with Crippen molar-refractivity contribution >= 4 is 10.2 Å². The van der Waals surface area contributed by atoms with Gasteiger partial charge >= 0.3 is 0 Å². The molecular formula is C12H25N3O2S. The third-order valence-corrected chi connectivity index (χ3v) is 5.41. The molecule has 0 aromatic carbocycles. The number of hydrogen-bond acceptors (Lipinski definition) is 3. The predicted octanol–water partition coefficient (Wildman–Crippen LogP) is 0.551. The van der Waals surface area contributed by atoms with E-state index in [1.807, 2.05) is 0 Å². The van der Waals surface area contributed by atoms with E-state index in [-0.39, 0.29) is 0 Å². The van der Waals surface area contributed by atoms with Gasteiger partial charge in [-0.2, -0.15) is 12.7 Å². The zero-order valence-electron chi connectivity index (χ0n) is 11.4. The summed E-state index contributed by atoms with van der Waals surface area (Å²) in [5.41, 5.74) is 0. The van der Waals surface area contributed by atoms with Crippen molar-refractivity contribution in [1.82, 2.24) is 14.3 Å². The van der Waals surface area contributed by atoms with E-state index >= 15 is 0 Å². The fourth-order valence-corrected chi connectivity index (χ4v) is 3.04. The van der Waals surface area contributed by atoms with Crippen LogP contribution in [0.2, 0.25) is 0 Å². The lowest BCUT2D eigenvalue weighted by Crippen LogP contribution is -2.40. The topological polar surface area (TPSA) is 61.4 Å².